The minimum atomic E-state index is -4.15. The van der Waals surface area contributed by atoms with Gasteiger partial charge in [-0.1, -0.05) is 84.0 Å². The fourth-order valence-corrected chi connectivity index (χ4v) is 4.36. The van der Waals surface area contributed by atoms with Crippen molar-refractivity contribution in [1.29, 1.82) is 0 Å². The number of hydrogen-bond donors (Lipinski definition) is 3. The Balaban J connectivity index is 1.47. The Kier molecular flexibility index (Phi) is 10.1. The van der Waals surface area contributed by atoms with Gasteiger partial charge in [-0.05, 0) is 31.0 Å². The number of unbranched alkanes of at least 4 members (excludes halogenated alkanes) is 12. The van der Waals surface area contributed by atoms with Crippen LogP contribution in [0.1, 0.15) is 96.8 Å². The van der Waals surface area contributed by atoms with E-state index < -0.39 is 10.1 Å². The molecule has 6 heteroatoms. The van der Waals surface area contributed by atoms with Crippen LogP contribution in [0, 0.1) is 0 Å². The topological polar surface area (TPSA) is 78.4 Å². The number of fused-ring (bicyclic) bond motifs is 1. The van der Waals surface area contributed by atoms with Gasteiger partial charge in [0.2, 0.25) is 0 Å². The lowest BCUT2D eigenvalue weighted by Crippen LogP contribution is -2.21. The fourth-order valence-electron chi connectivity index (χ4n) is 3.85. The molecule has 1 atom stereocenters. The van der Waals surface area contributed by atoms with E-state index >= 15 is 0 Å². The highest BCUT2D eigenvalue weighted by Crippen LogP contribution is 2.32. The summed E-state index contributed by atoms with van der Waals surface area (Å²) in [5, 5.41) is 6.67. The van der Waals surface area contributed by atoms with E-state index in [0.29, 0.717) is 0 Å². The first-order valence-corrected chi connectivity index (χ1v) is 12.6. The molecule has 0 saturated carbocycles. The van der Waals surface area contributed by atoms with E-state index in [4.69, 9.17) is 4.55 Å². The van der Waals surface area contributed by atoms with Crippen LogP contribution in [0.3, 0.4) is 0 Å². The van der Waals surface area contributed by atoms with Gasteiger partial charge in [0.15, 0.2) is 0 Å². The van der Waals surface area contributed by atoms with Crippen LogP contribution in [0.25, 0.3) is 0 Å². The first kappa shape index (κ1) is 23.0. The molecule has 0 fully saturated rings. The zero-order valence-electron chi connectivity index (χ0n) is 17.4. The van der Waals surface area contributed by atoms with Crippen LogP contribution in [0.4, 0.5) is 11.4 Å². The van der Waals surface area contributed by atoms with Gasteiger partial charge >= 0.3 is 0 Å². The molecule has 0 radical (unpaired) electrons. The second-order valence-corrected chi connectivity index (χ2v) is 9.48. The summed E-state index contributed by atoms with van der Waals surface area (Å²) in [6, 6.07) is 4.62. The van der Waals surface area contributed by atoms with Crippen molar-refractivity contribution in [3.8, 4) is 0 Å². The van der Waals surface area contributed by atoms with Gasteiger partial charge in [0.25, 0.3) is 10.1 Å². The average molecular weight is 411 g/mol. The molecule has 1 aliphatic heterocycles. The highest BCUT2D eigenvalue weighted by molar-refractivity contribution is 7.85. The standard InChI is InChI=1S/C22H38N2O3S/c1-2-3-4-5-6-7-8-9-10-11-12-13-14-15-22-23-20-17-16-19(28(25,26)27)18-21(20)24-22/h16-18,22-24H,2-15H2,1H3,(H,25,26,27). The second-order valence-electron chi connectivity index (χ2n) is 8.06. The Morgan fingerprint density at radius 1 is 0.786 bits per heavy atom. The molecular formula is C22H38N2O3S. The number of nitrogens with one attached hydrogen (secondary N) is 2. The number of hydrogen-bond acceptors (Lipinski definition) is 4. The Labute approximate surface area is 171 Å². The second kappa shape index (κ2) is 12.3. The van der Waals surface area contributed by atoms with Crippen molar-refractivity contribution < 1.29 is 13.0 Å². The maximum absolute atomic E-state index is 11.2. The summed E-state index contributed by atoms with van der Waals surface area (Å²) in [7, 11) is -4.15. The van der Waals surface area contributed by atoms with E-state index in [1.807, 2.05) is 0 Å². The molecule has 0 bridgehead atoms. The van der Waals surface area contributed by atoms with Crippen LogP contribution in [0.15, 0.2) is 23.1 Å². The SMILES string of the molecule is CCCCCCCCCCCCCCCC1Nc2ccc(S(=O)(=O)O)cc2N1. The van der Waals surface area contributed by atoms with Crippen LogP contribution < -0.4 is 10.6 Å². The Morgan fingerprint density at radius 3 is 1.82 bits per heavy atom. The molecule has 5 nitrogen and oxygen atoms in total. The maximum Gasteiger partial charge on any atom is 0.294 e. The smallest absolute Gasteiger partial charge is 0.294 e. The van der Waals surface area contributed by atoms with Crippen molar-refractivity contribution >= 4 is 21.5 Å². The lowest BCUT2D eigenvalue weighted by molar-refractivity contribution is 0.483. The van der Waals surface area contributed by atoms with Gasteiger partial charge in [0.1, 0.15) is 0 Å². The van der Waals surface area contributed by atoms with E-state index in [9.17, 15) is 8.42 Å². The first-order chi connectivity index (χ1) is 13.5. The largest absolute Gasteiger partial charge is 0.364 e. The highest BCUT2D eigenvalue weighted by atomic mass is 32.2. The molecule has 1 heterocycles. The lowest BCUT2D eigenvalue weighted by atomic mass is 10.0. The highest BCUT2D eigenvalue weighted by Gasteiger charge is 2.21. The van der Waals surface area contributed by atoms with Gasteiger partial charge in [0, 0.05) is 0 Å². The van der Waals surface area contributed by atoms with E-state index in [0.717, 1.165) is 24.2 Å². The van der Waals surface area contributed by atoms with Gasteiger partial charge in [-0.25, -0.2) is 0 Å². The third-order valence-electron chi connectivity index (χ3n) is 5.54. The van der Waals surface area contributed by atoms with Crippen LogP contribution in [0.5, 0.6) is 0 Å². The lowest BCUT2D eigenvalue weighted by Gasteiger charge is -2.12. The predicted molar refractivity (Wildman–Crippen MR) is 118 cm³/mol. The summed E-state index contributed by atoms with van der Waals surface area (Å²) in [5.74, 6) is 0. The van der Waals surface area contributed by atoms with Crippen molar-refractivity contribution in [3.63, 3.8) is 0 Å². The molecule has 28 heavy (non-hydrogen) atoms. The third-order valence-corrected chi connectivity index (χ3v) is 6.39. The average Bonchev–Trinajstić information content (AvgIpc) is 3.06. The van der Waals surface area contributed by atoms with E-state index in [1.165, 1.54) is 89.2 Å². The number of benzene rings is 1. The van der Waals surface area contributed by atoms with Crippen molar-refractivity contribution in [2.75, 3.05) is 10.6 Å². The summed E-state index contributed by atoms with van der Waals surface area (Å²) in [6.45, 7) is 2.27. The van der Waals surface area contributed by atoms with Gasteiger partial charge < -0.3 is 10.6 Å². The van der Waals surface area contributed by atoms with Gasteiger partial charge in [-0.15, -0.1) is 0 Å². The Bertz CT molecular complexity index is 676. The zero-order valence-corrected chi connectivity index (χ0v) is 18.2. The predicted octanol–water partition coefficient (Wildman–Crippen LogP) is 6.58. The monoisotopic (exact) mass is 410 g/mol. The molecule has 1 aliphatic rings. The van der Waals surface area contributed by atoms with Gasteiger partial charge in [0.05, 0.1) is 22.4 Å². The number of rotatable bonds is 15. The molecular weight excluding hydrogens is 372 g/mol. The van der Waals surface area contributed by atoms with Crippen molar-refractivity contribution in [1.82, 2.24) is 0 Å². The summed E-state index contributed by atoms with van der Waals surface area (Å²) in [6.07, 6.45) is 18.7. The van der Waals surface area contributed by atoms with Crippen LogP contribution in [-0.4, -0.2) is 19.1 Å². The summed E-state index contributed by atoms with van der Waals surface area (Å²) >= 11 is 0. The molecule has 0 aliphatic carbocycles. The minimum absolute atomic E-state index is 0.0674. The molecule has 160 valence electrons. The summed E-state index contributed by atoms with van der Waals surface area (Å²) in [4.78, 5) is -0.0674. The number of anilines is 2. The Hall–Kier alpha value is -1.27. The maximum atomic E-state index is 11.2. The third kappa shape index (κ3) is 8.39. The van der Waals surface area contributed by atoms with Crippen molar-refractivity contribution in [2.24, 2.45) is 0 Å². The molecule has 0 spiro atoms. The molecule has 1 aromatic rings. The summed E-state index contributed by atoms with van der Waals surface area (Å²) in [5.41, 5.74) is 1.64. The van der Waals surface area contributed by atoms with Gasteiger partial charge in [-0.3, -0.25) is 4.55 Å². The van der Waals surface area contributed by atoms with Crippen LogP contribution in [0.2, 0.25) is 0 Å². The van der Waals surface area contributed by atoms with Crippen molar-refractivity contribution in [2.45, 2.75) is 108 Å². The zero-order chi connectivity index (χ0) is 20.2. The first-order valence-electron chi connectivity index (χ1n) is 11.2. The molecule has 1 aromatic carbocycles. The van der Waals surface area contributed by atoms with Crippen molar-refractivity contribution in [3.05, 3.63) is 18.2 Å². The molecule has 0 aromatic heterocycles. The van der Waals surface area contributed by atoms with Crippen LogP contribution >= 0.6 is 0 Å². The molecule has 2 rings (SSSR count). The molecule has 0 saturated heterocycles. The Morgan fingerprint density at radius 2 is 1.29 bits per heavy atom. The minimum Gasteiger partial charge on any atom is -0.364 e. The van der Waals surface area contributed by atoms with Gasteiger partial charge in [-0.2, -0.15) is 8.42 Å². The normalized spacial score (nSPS) is 15.9. The van der Waals surface area contributed by atoms with E-state index in [1.54, 1.807) is 6.07 Å². The van der Waals surface area contributed by atoms with E-state index in [2.05, 4.69) is 17.6 Å². The van der Waals surface area contributed by atoms with E-state index in [-0.39, 0.29) is 11.1 Å². The van der Waals surface area contributed by atoms with Crippen LogP contribution in [-0.2, 0) is 10.1 Å². The molecule has 3 N–H and O–H groups in total. The molecule has 1 unspecified atom stereocenters. The summed E-state index contributed by atoms with van der Waals surface area (Å²) < 4.78 is 31.6. The quantitative estimate of drug-likeness (QED) is 0.225. The fraction of sp³-hybridized carbons (Fsp3) is 0.727. The molecule has 0 amide bonds.